The van der Waals surface area contributed by atoms with Crippen molar-refractivity contribution >= 4 is 51.4 Å². The van der Waals surface area contributed by atoms with E-state index >= 15 is 0 Å². The molecule has 110 valence electrons. The zero-order valence-corrected chi connectivity index (χ0v) is 13.4. The van der Waals surface area contributed by atoms with E-state index in [1.807, 2.05) is 24.3 Å². The van der Waals surface area contributed by atoms with E-state index in [1.54, 1.807) is 0 Å². The SMILES string of the molecule is O=C(CSc1nnc(Nc2ccccc2Cl)s1)NC1CC1. The molecule has 0 spiro atoms. The molecule has 0 atom stereocenters. The maximum atomic E-state index is 11.6. The summed E-state index contributed by atoms with van der Waals surface area (Å²) in [5, 5.41) is 15.5. The van der Waals surface area contributed by atoms with Crippen molar-refractivity contribution in [2.45, 2.75) is 23.2 Å². The zero-order valence-electron chi connectivity index (χ0n) is 11.0. The van der Waals surface area contributed by atoms with Crippen LogP contribution in [0.3, 0.4) is 0 Å². The number of thioether (sulfide) groups is 1. The number of carbonyl (C=O) groups excluding carboxylic acids is 1. The van der Waals surface area contributed by atoms with Gasteiger partial charge in [-0.1, -0.05) is 46.8 Å². The van der Waals surface area contributed by atoms with Crippen molar-refractivity contribution in [1.82, 2.24) is 15.5 Å². The molecule has 1 fully saturated rings. The summed E-state index contributed by atoms with van der Waals surface area (Å²) in [7, 11) is 0. The highest BCUT2D eigenvalue weighted by atomic mass is 35.5. The highest BCUT2D eigenvalue weighted by Crippen LogP contribution is 2.30. The average molecular weight is 341 g/mol. The van der Waals surface area contributed by atoms with Crippen molar-refractivity contribution in [3.8, 4) is 0 Å². The van der Waals surface area contributed by atoms with Crippen molar-refractivity contribution in [2.24, 2.45) is 0 Å². The molecule has 2 aromatic rings. The molecule has 0 radical (unpaired) electrons. The number of nitrogens with one attached hydrogen (secondary N) is 2. The Morgan fingerprint density at radius 3 is 2.95 bits per heavy atom. The first-order chi connectivity index (χ1) is 10.2. The maximum Gasteiger partial charge on any atom is 0.230 e. The van der Waals surface area contributed by atoms with E-state index in [4.69, 9.17) is 11.6 Å². The Morgan fingerprint density at radius 2 is 2.19 bits per heavy atom. The lowest BCUT2D eigenvalue weighted by molar-refractivity contribution is -0.118. The van der Waals surface area contributed by atoms with Crippen LogP contribution < -0.4 is 10.6 Å². The predicted molar refractivity (Wildman–Crippen MR) is 86.5 cm³/mol. The smallest absolute Gasteiger partial charge is 0.230 e. The molecule has 21 heavy (non-hydrogen) atoms. The van der Waals surface area contributed by atoms with E-state index in [0.717, 1.165) is 22.9 Å². The van der Waals surface area contributed by atoms with E-state index in [2.05, 4.69) is 20.8 Å². The van der Waals surface area contributed by atoms with Crippen LogP contribution in [0.1, 0.15) is 12.8 Å². The van der Waals surface area contributed by atoms with Gasteiger partial charge in [0.15, 0.2) is 4.34 Å². The number of carbonyl (C=O) groups is 1. The van der Waals surface area contributed by atoms with Gasteiger partial charge in [0.1, 0.15) is 0 Å². The van der Waals surface area contributed by atoms with Crippen molar-refractivity contribution in [2.75, 3.05) is 11.1 Å². The summed E-state index contributed by atoms with van der Waals surface area (Å²) in [6, 6.07) is 7.84. The Hall–Kier alpha value is -1.31. The molecule has 0 aliphatic heterocycles. The molecule has 0 saturated heterocycles. The third-order valence-corrected chi connectivity index (χ3v) is 5.09. The van der Waals surface area contributed by atoms with Gasteiger partial charge >= 0.3 is 0 Å². The first-order valence-electron chi connectivity index (χ1n) is 6.48. The van der Waals surface area contributed by atoms with Crippen LogP contribution in [0.25, 0.3) is 0 Å². The molecule has 8 heteroatoms. The van der Waals surface area contributed by atoms with Gasteiger partial charge in [0, 0.05) is 6.04 Å². The van der Waals surface area contributed by atoms with Crippen molar-refractivity contribution in [3.05, 3.63) is 29.3 Å². The number of amides is 1. The summed E-state index contributed by atoms with van der Waals surface area (Å²) in [4.78, 5) is 11.6. The number of benzene rings is 1. The van der Waals surface area contributed by atoms with Gasteiger partial charge in [-0.25, -0.2) is 0 Å². The molecule has 2 N–H and O–H groups in total. The quantitative estimate of drug-likeness (QED) is 0.790. The lowest BCUT2D eigenvalue weighted by Crippen LogP contribution is -2.26. The van der Waals surface area contributed by atoms with Crippen LogP contribution in [0.4, 0.5) is 10.8 Å². The fourth-order valence-corrected chi connectivity index (χ4v) is 3.38. The monoisotopic (exact) mass is 340 g/mol. The highest BCUT2D eigenvalue weighted by Gasteiger charge is 2.23. The van der Waals surface area contributed by atoms with Gasteiger partial charge in [0.2, 0.25) is 11.0 Å². The van der Waals surface area contributed by atoms with Crippen LogP contribution in [-0.4, -0.2) is 27.9 Å². The summed E-state index contributed by atoms with van der Waals surface area (Å²) in [6.45, 7) is 0. The normalized spacial score (nSPS) is 14.0. The van der Waals surface area contributed by atoms with Gasteiger partial charge in [-0.2, -0.15) is 0 Å². The Kier molecular flexibility index (Phi) is 4.62. The summed E-state index contributed by atoms with van der Waals surface area (Å²) in [5.41, 5.74) is 0.790. The van der Waals surface area contributed by atoms with E-state index in [0.29, 0.717) is 21.9 Å². The van der Waals surface area contributed by atoms with Crippen molar-refractivity contribution in [1.29, 1.82) is 0 Å². The minimum absolute atomic E-state index is 0.0540. The lowest BCUT2D eigenvalue weighted by Gasteiger charge is -2.03. The van der Waals surface area contributed by atoms with E-state index in [1.165, 1.54) is 23.1 Å². The van der Waals surface area contributed by atoms with E-state index < -0.39 is 0 Å². The van der Waals surface area contributed by atoms with E-state index in [9.17, 15) is 4.79 Å². The Balaban J connectivity index is 1.53. The number of para-hydroxylation sites is 1. The number of hydrogen-bond acceptors (Lipinski definition) is 6. The molecule has 0 bridgehead atoms. The van der Waals surface area contributed by atoms with Gasteiger partial charge < -0.3 is 10.6 Å². The summed E-state index contributed by atoms with van der Waals surface area (Å²) >= 11 is 8.87. The first-order valence-corrected chi connectivity index (χ1v) is 8.66. The van der Waals surface area contributed by atoms with Crippen molar-refractivity contribution in [3.63, 3.8) is 0 Å². The van der Waals surface area contributed by atoms with Gasteiger partial charge in [0.05, 0.1) is 16.5 Å². The summed E-state index contributed by atoms with van der Waals surface area (Å²) in [6.07, 6.45) is 2.20. The maximum absolute atomic E-state index is 11.6. The fourth-order valence-electron chi connectivity index (χ4n) is 1.62. The minimum Gasteiger partial charge on any atom is -0.353 e. The van der Waals surface area contributed by atoms with Gasteiger partial charge in [0.25, 0.3) is 0 Å². The predicted octanol–water partition coefficient (Wildman–Crippen LogP) is 3.31. The molecule has 1 aromatic carbocycles. The largest absolute Gasteiger partial charge is 0.353 e. The molecular formula is C13H13ClN4OS2. The van der Waals surface area contributed by atoms with Gasteiger partial charge in [-0.05, 0) is 25.0 Å². The van der Waals surface area contributed by atoms with Gasteiger partial charge in [-0.3, -0.25) is 4.79 Å². The van der Waals surface area contributed by atoms with Crippen LogP contribution in [0.15, 0.2) is 28.6 Å². The Morgan fingerprint density at radius 1 is 1.38 bits per heavy atom. The van der Waals surface area contributed by atoms with Crippen molar-refractivity contribution < 1.29 is 4.79 Å². The summed E-state index contributed by atoms with van der Waals surface area (Å²) in [5.74, 6) is 0.426. The first kappa shape index (κ1) is 14.6. The molecule has 3 rings (SSSR count). The topological polar surface area (TPSA) is 66.9 Å². The third kappa shape index (κ3) is 4.33. The van der Waals surface area contributed by atoms with Gasteiger partial charge in [-0.15, -0.1) is 10.2 Å². The number of nitrogens with zero attached hydrogens (tertiary/aromatic N) is 2. The summed E-state index contributed by atoms with van der Waals surface area (Å²) < 4.78 is 0.760. The molecule has 1 aromatic heterocycles. The van der Waals surface area contributed by atoms with Crippen LogP contribution in [0, 0.1) is 0 Å². The second-order valence-electron chi connectivity index (χ2n) is 4.61. The Bertz CT molecular complexity index is 645. The highest BCUT2D eigenvalue weighted by molar-refractivity contribution is 8.01. The van der Waals surface area contributed by atoms with Crippen LogP contribution in [0.2, 0.25) is 5.02 Å². The van der Waals surface area contributed by atoms with Crippen LogP contribution in [0.5, 0.6) is 0 Å². The second kappa shape index (κ2) is 6.64. The molecule has 1 heterocycles. The minimum atomic E-state index is 0.0540. The molecule has 1 aliphatic rings. The number of hydrogen-bond donors (Lipinski definition) is 2. The lowest BCUT2D eigenvalue weighted by atomic mass is 10.3. The van der Waals surface area contributed by atoms with Crippen LogP contribution in [-0.2, 0) is 4.79 Å². The zero-order chi connectivity index (χ0) is 14.7. The molecule has 0 unspecified atom stereocenters. The molecule has 1 aliphatic carbocycles. The number of halogens is 1. The third-order valence-electron chi connectivity index (χ3n) is 2.79. The number of aromatic nitrogens is 2. The average Bonchev–Trinajstić information content (AvgIpc) is 3.16. The fraction of sp³-hybridized carbons (Fsp3) is 0.308. The second-order valence-corrected chi connectivity index (χ2v) is 7.22. The standard InChI is InChI=1S/C13H13ClN4OS2/c14-9-3-1-2-4-10(9)16-12-17-18-13(21-12)20-7-11(19)15-8-5-6-8/h1-4,8H,5-7H2,(H,15,19)(H,16,17). The number of anilines is 2. The molecular weight excluding hydrogens is 328 g/mol. The molecule has 1 saturated carbocycles. The van der Waals surface area contributed by atoms with Crippen LogP contribution >= 0.6 is 34.7 Å². The molecule has 5 nitrogen and oxygen atoms in total. The number of rotatable bonds is 6. The Labute approximate surface area is 135 Å². The van der Waals surface area contributed by atoms with E-state index in [-0.39, 0.29) is 5.91 Å². The molecule has 1 amide bonds.